The van der Waals surface area contributed by atoms with Gasteiger partial charge in [-0.1, -0.05) is 44.2 Å². The van der Waals surface area contributed by atoms with Gasteiger partial charge >= 0.3 is 0 Å². The lowest BCUT2D eigenvalue weighted by atomic mass is 10.0. The normalized spacial score (nSPS) is 13.6. The Bertz CT molecular complexity index is 1640. The zero-order valence-corrected chi connectivity index (χ0v) is 17.6. The van der Waals surface area contributed by atoms with E-state index in [1.807, 2.05) is 50.4 Å². The van der Waals surface area contributed by atoms with E-state index in [0.717, 1.165) is 37.9 Å². The van der Waals surface area contributed by atoms with Crippen LogP contribution in [0.5, 0.6) is 0 Å². The van der Waals surface area contributed by atoms with Crippen molar-refractivity contribution in [3.63, 3.8) is 0 Å². The molecule has 3 aromatic heterocycles. The number of hydrogen-bond acceptors (Lipinski definition) is 3. The van der Waals surface area contributed by atoms with Crippen LogP contribution in [0.4, 0.5) is 0 Å². The first-order valence-corrected chi connectivity index (χ1v) is 11.0. The smallest absolute Gasteiger partial charge is 0.136 e. The van der Waals surface area contributed by atoms with Crippen LogP contribution in [-0.2, 0) is 6.37 Å². The fraction of sp³-hybridized carbons (Fsp3) is 0.148. The summed E-state index contributed by atoms with van der Waals surface area (Å²) >= 11 is 1.74. The maximum Gasteiger partial charge on any atom is 0.136 e. The molecule has 3 heteroatoms. The van der Waals surface area contributed by atoms with Crippen LogP contribution in [-0.4, -0.2) is 4.98 Å². The lowest BCUT2D eigenvalue weighted by Crippen LogP contribution is -1.92. The molecule has 0 aliphatic carbocycles. The lowest BCUT2D eigenvalue weighted by molar-refractivity contribution is 0.630. The van der Waals surface area contributed by atoms with E-state index in [1.54, 1.807) is 11.3 Å². The van der Waals surface area contributed by atoms with E-state index >= 15 is 0 Å². The number of nitrogens with zero attached hydrogens (tertiary/aromatic N) is 1. The molecule has 0 radical (unpaired) electrons. The third kappa shape index (κ3) is 2.81. The van der Waals surface area contributed by atoms with E-state index in [9.17, 15) is 0 Å². The number of aromatic nitrogens is 1. The molecule has 3 heterocycles. The molecule has 0 fully saturated rings. The maximum absolute atomic E-state index is 8.43. The first-order valence-electron chi connectivity index (χ1n) is 11.2. The number of benzene rings is 3. The van der Waals surface area contributed by atoms with Crippen LogP contribution < -0.4 is 0 Å². The standard InChI is InChI=1S/C27H21NOS/c1-16(2)11-17-7-8-23-20(12-17)14-24(29-23)21-9-10-28-26-22-13-18-5-3-4-6-19(18)15-25(22)30-27(21)26/h3-10,12-16H,11H2,1-2H3/i11D2. The van der Waals surface area contributed by atoms with Crippen molar-refractivity contribution < 1.29 is 7.16 Å². The van der Waals surface area contributed by atoms with Crippen molar-refractivity contribution in [1.82, 2.24) is 4.98 Å². The molecule has 0 saturated carbocycles. The van der Waals surface area contributed by atoms with Crippen molar-refractivity contribution in [3.8, 4) is 11.3 Å². The highest BCUT2D eigenvalue weighted by molar-refractivity contribution is 7.26. The minimum Gasteiger partial charge on any atom is -0.456 e. The van der Waals surface area contributed by atoms with Crippen molar-refractivity contribution in [2.24, 2.45) is 5.92 Å². The van der Waals surface area contributed by atoms with Gasteiger partial charge in [-0.05, 0) is 65.0 Å². The molecule has 3 aromatic carbocycles. The molecule has 6 aromatic rings. The molecule has 146 valence electrons. The summed E-state index contributed by atoms with van der Waals surface area (Å²) in [5, 5.41) is 4.51. The summed E-state index contributed by atoms with van der Waals surface area (Å²) in [7, 11) is 0. The van der Waals surface area contributed by atoms with Gasteiger partial charge in [-0.3, -0.25) is 4.98 Å². The SMILES string of the molecule is [2H]C([2H])(c1ccc2oc(-c3ccnc4c3sc3cc5ccccc5cc34)cc2c1)C(C)C. The van der Waals surface area contributed by atoms with E-state index in [2.05, 4.69) is 36.4 Å². The monoisotopic (exact) mass is 409 g/mol. The summed E-state index contributed by atoms with van der Waals surface area (Å²) in [6, 6.07) is 22.5. The van der Waals surface area contributed by atoms with Crippen LogP contribution in [0.2, 0.25) is 0 Å². The Hall–Kier alpha value is -3.17. The molecule has 6 rings (SSSR count). The number of rotatable bonds is 3. The van der Waals surface area contributed by atoms with Gasteiger partial charge in [0.15, 0.2) is 0 Å². The van der Waals surface area contributed by atoms with Crippen molar-refractivity contribution in [1.29, 1.82) is 0 Å². The van der Waals surface area contributed by atoms with Gasteiger partial charge in [0.2, 0.25) is 0 Å². The van der Waals surface area contributed by atoms with E-state index in [0.29, 0.717) is 5.56 Å². The maximum atomic E-state index is 8.43. The summed E-state index contributed by atoms with van der Waals surface area (Å²) in [5.41, 5.74) is 3.45. The number of hydrogen-bond donors (Lipinski definition) is 0. The van der Waals surface area contributed by atoms with Gasteiger partial charge in [0.05, 0.1) is 10.2 Å². The Kier molecular flexibility index (Phi) is 3.48. The highest BCUT2D eigenvalue weighted by Crippen LogP contribution is 2.41. The Morgan fingerprint density at radius 2 is 1.80 bits per heavy atom. The fourth-order valence-electron chi connectivity index (χ4n) is 4.14. The molecule has 0 unspecified atom stereocenters. The van der Waals surface area contributed by atoms with Crippen LogP contribution in [0, 0.1) is 5.92 Å². The van der Waals surface area contributed by atoms with Crippen molar-refractivity contribution in [2.45, 2.75) is 20.2 Å². The molecule has 0 saturated heterocycles. The van der Waals surface area contributed by atoms with Crippen molar-refractivity contribution >= 4 is 53.4 Å². The fourth-order valence-corrected chi connectivity index (χ4v) is 5.34. The molecule has 0 aliphatic rings. The highest BCUT2D eigenvalue weighted by atomic mass is 32.1. The molecular formula is C27H21NOS. The number of thiophene rings is 1. The first-order chi connectivity index (χ1) is 15.4. The zero-order valence-electron chi connectivity index (χ0n) is 18.8. The van der Waals surface area contributed by atoms with Crippen LogP contribution in [0.1, 0.15) is 22.2 Å². The van der Waals surface area contributed by atoms with Gasteiger partial charge in [-0.2, -0.15) is 0 Å². The average Bonchev–Trinajstić information content (AvgIpc) is 3.37. The summed E-state index contributed by atoms with van der Waals surface area (Å²) in [6.07, 6.45) is 0.456. The lowest BCUT2D eigenvalue weighted by Gasteiger charge is -2.03. The Balaban J connectivity index is 1.55. The molecule has 0 aliphatic heterocycles. The molecule has 30 heavy (non-hydrogen) atoms. The number of fused-ring (bicyclic) bond motifs is 5. The minimum atomic E-state index is -1.39. The van der Waals surface area contributed by atoms with Crippen LogP contribution in [0.25, 0.3) is 53.4 Å². The third-order valence-electron chi connectivity index (χ3n) is 5.46. The molecule has 0 spiro atoms. The average molecular weight is 410 g/mol. The zero-order chi connectivity index (χ0) is 22.0. The predicted molar refractivity (Wildman–Crippen MR) is 128 cm³/mol. The van der Waals surface area contributed by atoms with E-state index in [1.165, 1.54) is 15.5 Å². The largest absolute Gasteiger partial charge is 0.456 e. The van der Waals surface area contributed by atoms with Gasteiger partial charge in [0.1, 0.15) is 11.3 Å². The second-order valence-electron chi connectivity index (χ2n) is 8.00. The molecule has 0 amide bonds. The third-order valence-corrected chi connectivity index (χ3v) is 6.63. The number of pyridine rings is 1. The Morgan fingerprint density at radius 1 is 0.967 bits per heavy atom. The van der Waals surface area contributed by atoms with E-state index in [-0.39, 0.29) is 5.92 Å². The van der Waals surface area contributed by atoms with Gasteiger partial charge in [-0.25, -0.2) is 0 Å². The Labute approximate surface area is 181 Å². The van der Waals surface area contributed by atoms with E-state index < -0.39 is 6.37 Å². The molecule has 2 nitrogen and oxygen atoms in total. The minimum absolute atomic E-state index is 0.111. The number of furan rings is 1. The summed E-state index contributed by atoms with van der Waals surface area (Å²) < 4.78 is 25.4. The van der Waals surface area contributed by atoms with Gasteiger partial charge in [-0.15, -0.1) is 11.3 Å². The second-order valence-corrected chi connectivity index (χ2v) is 9.05. The summed E-state index contributed by atoms with van der Waals surface area (Å²) in [6.45, 7) is 3.81. The van der Waals surface area contributed by atoms with Crippen LogP contribution in [0.15, 0.2) is 77.3 Å². The van der Waals surface area contributed by atoms with Gasteiger partial charge < -0.3 is 4.42 Å². The summed E-state index contributed by atoms with van der Waals surface area (Å²) in [4.78, 5) is 4.70. The summed E-state index contributed by atoms with van der Waals surface area (Å²) in [5.74, 6) is 0.672. The van der Waals surface area contributed by atoms with Crippen LogP contribution >= 0.6 is 11.3 Å². The van der Waals surface area contributed by atoms with Crippen molar-refractivity contribution in [3.05, 3.63) is 78.5 Å². The van der Waals surface area contributed by atoms with Crippen LogP contribution in [0.3, 0.4) is 0 Å². The highest BCUT2D eigenvalue weighted by Gasteiger charge is 2.15. The second kappa shape index (κ2) is 6.68. The topological polar surface area (TPSA) is 26.0 Å². The Morgan fingerprint density at radius 3 is 2.63 bits per heavy atom. The molecule has 0 N–H and O–H groups in total. The molecule has 0 bridgehead atoms. The molecular weight excluding hydrogens is 386 g/mol. The van der Waals surface area contributed by atoms with Crippen molar-refractivity contribution in [2.75, 3.05) is 0 Å². The van der Waals surface area contributed by atoms with E-state index in [4.69, 9.17) is 12.1 Å². The molecule has 0 atom stereocenters. The van der Waals surface area contributed by atoms with Gasteiger partial charge in [0.25, 0.3) is 0 Å². The predicted octanol–water partition coefficient (Wildman–Crippen LogP) is 8.21. The quantitative estimate of drug-likeness (QED) is 0.294. The van der Waals surface area contributed by atoms with Gasteiger partial charge in [0, 0.05) is 30.0 Å². The first kappa shape index (κ1) is 15.6.